The van der Waals surface area contributed by atoms with E-state index in [0.29, 0.717) is 24.5 Å². The van der Waals surface area contributed by atoms with E-state index in [-0.39, 0.29) is 24.3 Å². The molecule has 2 amide bonds. The number of amides is 2. The SMILES string of the molecule is CC(C)(C)OC(=O)NCc1ccc(OCCCC(=O)c2ccccc2C(N)=O)nc1. The third kappa shape index (κ3) is 7.54. The first-order valence-corrected chi connectivity index (χ1v) is 9.62. The molecule has 0 aliphatic rings. The quantitative estimate of drug-likeness (QED) is 0.481. The van der Waals surface area contributed by atoms with E-state index in [1.165, 1.54) is 6.07 Å². The Balaban J connectivity index is 1.75. The first kappa shape index (κ1) is 22.9. The molecule has 1 aromatic heterocycles. The van der Waals surface area contributed by atoms with Crippen LogP contribution in [-0.2, 0) is 11.3 Å². The van der Waals surface area contributed by atoms with Gasteiger partial charge in [0, 0.05) is 36.4 Å². The largest absolute Gasteiger partial charge is 0.478 e. The minimum Gasteiger partial charge on any atom is -0.478 e. The van der Waals surface area contributed by atoms with E-state index in [9.17, 15) is 14.4 Å². The third-order valence-electron chi connectivity index (χ3n) is 3.92. The maximum Gasteiger partial charge on any atom is 0.407 e. The van der Waals surface area contributed by atoms with Crippen LogP contribution >= 0.6 is 0 Å². The Hall–Kier alpha value is -3.42. The van der Waals surface area contributed by atoms with E-state index >= 15 is 0 Å². The molecule has 0 atom stereocenters. The maximum absolute atomic E-state index is 12.3. The van der Waals surface area contributed by atoms with Gasteiger partial charge < -0.3 is 20.5 Å². The van der Waals surface area contributed by atoms with Gasteiger partial charge in [-0.1, -0.05) is 24.3 Å². The smallest absolute Gasteiger partial charge is 0.407 e. The van der Waals surface area contributed by atoms with Crippen molar-refractivity contribution in [1.29, 1.82) is 0 Å². The average molecular weight is 413 g/mol. The molecule has 0 saturated carbocycles. The Morgan fingerprint density at radius 3 is 2.37 bits per heavy atom. The predicted molar refractivity (Wildman–Crippen MR) is 111 cm³/mol. The highest BCUT2D eigenvalue weighted by molar-refractivity contribution is 6.07. The molecule has 0 radical (unpaired) electrons. The first-order chi connectivity index (χ1) is 14.2. The summed E-state index contributed by atoms with van der Waals surface area (Å²) >= 11 is 0. The summed E-state index contributed by atoms with van der Waals surface area (Å²) in [7, 11) is 0. The summed E-state index contributed by atoms with van der Waals surface area (Å²) in [4.78, 5) is 39.6. The van der Waals surface area contributed by atoms with Crippen molar-refractivity contribution in [3.63, 3.8) is 0 Å². The molecule has 0 spiro atoms. The highest BCUT2D eigenvalue weighted by atomic mass is 16.6. The van der Waals surface area contributed by atoms with Crippen LogP contribution in [0.5, 0.6) is 5.88 Å². The number of benzene rings is 1. The van der Waals surface area contributed by atoms with Crippen molar-refractivity contribution in [2.24, 2.45) is 5.73 Å². The number of nitrogens with one attached hydrogen (secondary N) is 1. The molecule has 3 N–H and O–H groups in total. The highest BCUT2D eigenvalue weighted by Gasteiger charge is 2.16. The summed E-state index contributed by atoms with van der Waals surface area (Å²) in [5, 5.41) is 2.66. The lowest BCUT2D eigenvalue weighted by molar-refractivity contribution is 0.0523. The molecule has 8 heteroatoms. The average Bonchev–Trinajstić information content (AvgIpc) is 2.69. The lowest BCUT2D eigenvalue weighted by Crippen LogP contribution is -2.32. The topological polar surface area (TPSA) is 121 Å². The number of nitrogens with zero attached hydrogens (tertiary/aromatic N) is 1. The molecule has 30 heavy (non-hydrogen) atoms. The zero-order valence-corrected chi connectivity index (χ0v) is 17.4. The molecule has 0 fully saturated rings. The lowest BCUT2D eigenvalue weighted by Gasteiger charge is -2.19. The molecule has 0 bridgehead atoms. The number of ether oxygens (including phenoxy) is 2. The Morgan fingerprint density at radius 2 is 1.77 bits per heavy atom. The number of alkyl carbamates (subject to hydrolysis) is 1. The zero-order valence-electron chi connectivity index (χ0n) is 17.4. The summed E-state index contributed by atoms with van der Waals surface area (Å²) in [6, 6.07) is 9.96. The van der Waals surface area contributed by atoms with Gasteiger partial charge in [-0.25, -0.2) is 9.78 Å². The van der Waals surface area contributed by atoms with Gasteiger partial charge in [0.25, 0.3) is 0 Å². The standard InChI is InChI=1S/C22H27N3O5/c1-22(2,3)30-21(28)25-14-15-10-11-19(24-13-15)29-12-6-9-18(26)16-7-4-5-8-17(16)20(23)27/h4-5,7-8,10-11,13H,6,9,12,14H2,1-3H3,(H2,23,27)(H,25,28). The number of ketones is 1. The summed E-state index contributed by atoms with van der Waals surface area (Å²) in [5.41, 5.74) is 6.10. The van der Waals surface area contributed by atoms with Crippen molar-refractivity contribution in [2.75, 3.05) is 6.61 Å². The number of nitrogens with two attached hydrogens (primary N) is 1. The second-order valence-corrected chi connectivity index (χ2v) is 7.65. The van der Waals surface area contributed by atoms with Crippen LogP contribution in [0.15, 0.2) is 42.6 Å². The summed E-state index contributed by atoms with van der Waals surface area (Å²) in [5.74, 6) is -0.369. The molecular weight excluding hydrogens is 386 g/mol. The fraction of sp³-hybridized carbons (Fsp3) is 0.364. The van der Waals surface area contributed by atoms with Crippen molar-refractivity contribution < 1.29 is 23.9 Å². The fourth-order valence-electron chi connectivity index (χ4n) is 2.57. The van der Waals surface area contributed by atoms with Gasteiger partial charge in [0.05, 0.1) is 6.61 Å². The fourth-order valence-corrected chi connectivity index (χ4v) is 2.57. The number of rotatable bonds is 9. The van der Waals surface area contributed by atoms with E-state index in [1.807, 2.05) is 0 Å². The Morgan fingerprint density at radius 1 is 1.07 bits per heavy atom. The zero-order chi connectivity index (χ0) is 22.1. The molecule has 0 aliphatic heterocycles. The van der Waals surface area contributed by atoms with Crippen LogP contribution in [0.4, 0.5) is 4.79 Å². The minimum absolute atomic E-state index is 0.162. The van der Waals surface area contributed by atoms with Crippen LogP contribution in [0, 0.1) is 0 Å². The number of primary amides is 1. The van der Waals surface area contributed by atoms with Crippen molar-refractivity contribution in [3.05, 3.63) is 59.3 Å². The minimum atomic E-state index is -0.624. The number of carbonyl (C=O) groups excluding carboxylic acids is 3. The molecule has 8 nitrogen and oxygen atoms in total. The number of Topliss-reactive ketones (excluding diaryl/α,β-unsaturated/α-hetero) is 1. The van der Waals surface area contributed by atoms with Crippen LogP contribution in [0.1, 0.15) is 59.9 Å². The van der Waals surface area contributed by atoms with Gasteiger partial charge in [-0.15, -0.1) is 0 Å². The van der Waals surface area contributed by atoms with Gasteiger partial charge in [0.1, 0.15) is 5.60 Å². The Kier molecular flexibility index (Phi) is 7.91. The molecule has 1 heterocycles. The van der Waals surface area contributed by atoms with Crippen LogP contribution in [0.25, 0.3) is 0 Å². The number of hydrogen-bond donors (Lipinski definition) is 2. The van der Waals surface area contributed by atoms with Crippen LogP contribution < -0.4 is 15.8 Å². The van der Waals surface area contributed by atoms with Crippen molar-refractivity contribution in [3.8, 4) is 5.88 Å². The normalized spacial score (nSPS) is 10.9. The predicted octanol–water partition coefficient (Wildman–Crippen LogP) is 3.25. The van der Waals surface area contributed by atoms with E-state index < -0.39 is 17.6 Å². The van der Waals surface area contributed by atoms with Crippen LogP contribution in [0.3, 0.4) is 0 Å². The third-order valence-corrected chi connectivity index (χ3v) is 3.92. The molecule has 160 valence electrons. The molecule has 2 rings (SSSR count). The highest BCUT2D eigenvalue weighted by Crippen LogP contribution is 2.13. The van der Waals surface area contributed by atoms with Gasteiger partial charge in [0.2, 0.25) is 11.8 Å². The van der Waals surface area contributed by atoms with E-state index in [2.05, 4.69) is 10.3 Å². The molecule has 0 unspecified atom stereocenters. The van der Waals surface area contributed by atoms with Crippen molar-refractivity contribution >= 4 is 17.8 Å². The van der Waals surface area contributed by atoms with E-state index in [4.69, 9.17) is 15.2 Å². The van der Waals surface area contributed by atoms with Gasteiger partial charge in [-0.2, -0.15) is 0 Å². The molecule has 0 saturated heterocycles. The number of pyridine rings is 1. The molecule has 2 aromatic rings. The van der Waals surface area contributed by atoms with Crippen molar-refractivity contribution in [1.82, 2.24) is 10.3 Å². The molecule has 1 aromatic carbocycles. The first-order valence-electron chi connectivity index (χ1n) is 9.62. The molecule has 0 aliphatic carbocycles. The summed E-state index contributed by atoms with van der Waals surface area (Å²) < 4.78 is 10.7. The second-order valence-electron chi connectivity index (χ2n) is 7.65. The van der Waals surface area contributed by atoms with Gasteiger partial charge >= 0.3 is 6.09 Å². The Labute approximate surface area is 175 Å². The van der Waals surface area contributed by atoms with Gasteiger partial charge in [-0.05, 0) is 38.8 Å². The van der Waals surface area contributed by atoms with E-state index in [0.717, 1.165) is 5.56 Å². The van der Waals surface area contributed by atoms with Gasteiger partial charge in [0.15, 0.2) is 5.78 Å². The second kappa shape index (κ2) is 10.4. The number of carbonyl (C=O) groups is 3. The monoisotopic (exact) mass is 413 g/mol. The number of hydrogen-bond acceptors (Lipinski definition) is 6. The summed E-state index contributed by atoms with van der Waals surface area (Å²) in [6.07, 6.45) is 1.80. The van der Waals surface area contributed by atoms with Crippen LogP contribution in [0.2, 0.25) is 0 Å². The summed E-state index contributed by atoms with van der Waals surface area (Å²) in [6.45, 7) is 5.97. The lowest BCUT2D eigenvalue weighted by atomic mass is 10.0. The maximum atomic E-state index is 12.3. The van der Waals surface area contributed by atoms with Crippen LogP contribution in [-0.4, -0.2) is 35.0 Å². The number of aromatic nitrogens is 1. The van der Waals surface area contributed by atoms with Crippen molar-refractivity contribution in [2.45, 2.75) is 45.8 Å². The molecular formula is C22H27N3O5. The van der Waals surface area contributed by atoms with E-state index in [1.54, 1.807) is 57.3 Å². The Bertz CT molecular complexity index is 888. The van der Waals surface area contributed by atoms with Gasteiger partial charge in [-0.3, -0.25) is 9.59 Å².